The van der Waals surface area contributed by atoms with Crippen LogP contribution in [0.4, 0.5) is 4.39 Å². The summed E-state index contributed by atoms with van der Waals surface area (Å²) < 4.78 is 25.9. The predicted molar refractivity (Wildman–Crippen MR) is 90.9 cm³/mol. The number of hydrogen-bond acceptors (Lipinski definition) is 4. The van der Waals surface area contributed by atoms with E-state index in [0.717, 1.165) is 16.8 Å². The Hall–Kier alpha value is -1.44. The Kier molecular flexibility index (Phi) is 4.20. The largest absolute Gasteiger partial charge is 0.524 e. The molecule has 2 aromatic rings. The van der Waals surface area contributed by atoms with Gasteiger partial charge in [0.25, 0.3) is 0 Å². The first kappa shape index (κ1) is 16.4. The summed E-state index contributed by atoms with van der Waals surface area (Å²) in [5, 5.41) is 11.1. The summed E-state index contributed by atoms with van der Waals surface area (Å²) >= 11 is 1.61. The van der Waals surface area contributed by atoms with Crippen LogP contribution in [-0.2, 0) is 15.7 Å². The topological polar surface area (TPSA) is 47.1 Å². The number of rotatable bonds is 4. The van der Waals surface area contributed by atoms with Crippen molar-refractivity contribution in [1.29, 1.82) is 0 Å². The molecule has 3 rings (SSSR count). The van der Waals surface area contributed by atoms with Crippen molar-refractivity contribution in [2.24, 2.45) is 0 Å². The van der Waals surface area contributed by atoms with E-state index in [4.69, 9.17) is 9.31 Å². The fourth-order valence-electron chi connectivity index (χ4n) is 2.38. The molecule has 0 unspecified atom stereocenters. The number of halogens is 1. The zero-order valence-corrected chi connectivity index (χ0v) is 14.5. The molecule has 1 saturated heterocycles. The van der Waals surface area contributed by atoms with Gasteiger partial charge in [0.15, 0.2) is 0 Å². The van der Waals surface area contributed by atoms with E-state index in [0.29, 0.717) is 6.42 Å². The maximum Gasteiger partial charge on any atom is 0.524 e. The van der Waals surface area contributed by atoms with Gasteiger partial charge in [-0.15, -0.1) is 0 Å². The van der Waals surface area contributed by atoms with E-state index in [-0.39, 0.29) is 0 Å². The van der Waals surface area contributed by atoms with E-state index >= 15 is 0 Å². The molecule has 1 aliphatic rings. The number of allylic oxidation sites excluding steroid dienone is 1. The lowest BCUT2D eigenvalue weighted by Crippen LogP contribution is -2.41. The summed E-state index contributed by atoms with van der Waals surface area (Å²) in [6, 6.07) is 2.01. The lowest BCUT2D eigenvalue weighted by Gasteiger charge is -2.32. The van der Waals surface area contributed by atoms with Crippen LogP contribution in [0.1, 0.15) is 33.3 Å². The van der Waals surface area contributed by atoms with E-state index in [1.54, 1.807) is 17.5 Å². The molecule has 0 aliphatic carbocycles. The molecule has 2 aromatic heterocycles. The summed E-state index contributed by atoms with van der Waals surface area (Å²) in [5.74, 6) is 0. The summed E-state index contributed by atoms with van der Waals surface area (Å²) in [7, 11) is -0.948. The molecule has 0 radical (unpaired) electrons. The van der Waals surface area contributed by atoms with Gasteiger partial charge in [-0.1, -0.05) is 6.08 Å². The maximum absolute atomic E-state index is 14.4. The summed E-state index contributed by atoms with van der Waals surface area (Å²) in [6.45, 7) is 7.63. The van der Waals surface area contributed by atoms with Crippen molar-refractivity contribution >= 4 is 18.5 Å². The van der Waals surface area contributed by atoms with Gasteiger partial charge in [-0.2, -0.15) is 16.4 Å². The minimum Gasteiger partial charge on any atom is -0.398 e. The molecule has 0 amide bonds. The molecular weight excluding hydrogens is 314 g/mol. The monoisotopic (exact) mass is 334 g/mol. The third kappa shape index (κ3) is 3.13. The van der Waals surface area contributed by atoms with Crippen LogP contribution >= 0.6 is 11.3 Å². The van der Waals surface area contributed by atoms with Gasteiger partial charge in [-0.05, 0) is 45.6 Å². The predicted octanol–water partition coefficient (Wildman–Crippen LogP) is 4.17. The van der Waals surface area contributed by atoms with Gasteiger partial charge in [0.1, 0.15) is 5.73 Å². The molecule has 1 aliphatic heterocycles. The van der Waals surface area contributed by atoms with Crippen LogP contribution in [0.3, 0.4) is 0 Å². The third-order valence-corrected chi connectivity index (χ3v) is 5.21. The van der Waals surface area contributed by atoms with Gasteiger partial charge in [0.2, 0.25) is 0 Å². The lowest BCUT2D eigenvalue weighted by atomic mass is 9.87. The Labute approximate surface area is 139 Å². The van der Waals surface area contributed by atoms with Gasteiger partial charge in [-0.3, -0.25) is 5.10 Å². The van der Waals surface area contributed by atoms with E-state index in [9.17, 15) is 4.39 Å². The second-order valence-electron chi connectivity index (χ2n) is 6.66. The molecule has 0 atom stereocenters. The van der Waals surface area contributed by atoms with Gasteiger partial charge in [-0.25, -0.2) is 4.39 Å². The smallest absolute Gasteiger partial charge is 0.398 e. The molecule has 3 heterocycles. The highest BCUT2D eigenvalue weighted by Gasteiger charge is 2.52. The number of aromatic nitrogens is 2. The highest BCUT2D eigenvalue weighted by atomic mass is 32.1. The number of H-pyrrole nitrogens is 1. The van der Waals surface area contributed by atoms with E-state index in [1.165, 1.54) is 6.08 Å². The maximum atomic E-state index is 14.4. The van der Waals surface area contributed by atoms with Crippen LogP contribution in [0.25, 0.3) is 11.3 Å². The zero-order chi connectivity index (χ0) is 16.7. The van der Waals surface area contributed by atoms with Crippen LogP contribution in [0.15, 0.2) is 34.8 Å². The number of aromatic amines is 1. The average molecular weight is 334 g/mol. The van der Waals surface area contributed by atoms with Crippen molar-refractivity contribution in [1.82, 2.24) is 10.2 Å². The zero-order valence-electron chi connectivity index (χ0n) is 13.7. The average Bonchev–Trinajstić information content (AvgIpc) is 3.16. The van der Waals surface area contributed by atoms with Crippen molar-refractivity contribution < 1.29 is 13.7 Å². The fourth-order valence-corrected chi connectivity index (χ4v) is 3.03. The van der Waals surface area contributed by atoms with Crippen LogP contribution in [0.5, 0.6) is 0 Å². The van der Waals surface area contributed by atoms with Crippen molar-refractivity contribution in [2.75, 3.05) is 0 Å². The third-order valence-electron chi connectivity index (χ3n) is 4.52. The minimum absolute atomic E-state index is 0.402. The Balaban J connectivity index is 1.73. The number of nitrogens with zero attached hydrogens (tertiary/aromatic N) is 1. The fraction of sp³-hybridized carbons (Fsp3) is 0.438. The van der Waals surface area contributed by atoms with Crippen LogP contribution in [0.2, 0.25) is 0 Å². The molecule has 0 bridgehead atoms. The molecular formula is C16H20BFN2O2S. The molecule has 7 heteroatoms. The number of nitrogens with one attached hydrogen (secondary N) is 1. The standard InChI is InChI=1S/C16H20BFN2O2S/c1-15(2)16(3,4)22-17(21-15)13(18)6-5-11-9-19-20-14(11)12-7-8-23-10-12/h6-10H,5H2,1-4H3,(H,19,20). The lowest BCUT2D eigenvalue weighted by molar-refractivity contribution is 0.00578. The van der Waals surface area contributed by atoms with Crippen LogP contribution in [0, 0.1) is 0 Å². The minimum atomic E-state index is -0.948. The van der Waals surface area contributed by atoms with Crippen molar-refractivity contribution in [2.45, 2.75) is 45.3 Å². The second kappa shape index (κ2) is 5.89. The van der Waals surface area contributed by atoms with E-state index in [2.05, 4.69) is 10.2 Å². The highest BCUT2D eigenvalue weighted by molar-refractivity contribution is 7.08. The van der Waals surface area contributed by atoms with Gasteiger partial charge < -0.3 is 9.31 Å². The van der Waals surface area contributed by atoms with Crippen LogP contribution in [-0.4, -0.2) is 28.5 Å². The Morgan fingerprint density at radius 2 is 2.04 bits per heavy atom. The molecule has 4 nitrogen and oxygen atoms in total. The van der Waals surface area contributed by atoms with E-state index in [1.807, 2.05) is 44.5 Å². The summed E-state index contributed by atoms with van der Waals surface area (Å²) in [6.07, 6.45) is 3.65. The SMILES string of the molecule is CC1(C)OB(C(F)=CCc2cn[nH]c2-c2ccsc2)OC1(C)C. The Morgan fingerprint density at radius 1 is 1.35 bits per heavy atom. The second-order valence-corrected chi connectivity index (χ2v) is 7.44. The molecule has 23 heavy (non-hydrogen) atoms. The van der Waals surface area contributed by atoms with Crippen molar-refractivity contribution in [3.63, 3.8) is 0 Å². The Bertz CT molecular complexity index is 693. The Morgan fingerprint density at radius 3 is 2.65 bits per heavy atom. The highest BCUT2D eigenvalue weighted by Crippen LogP contribution is 2.38. The molecule has 0 saturated carbocycles. The number of hydrogen-bond donors (Lipinski definition) is 1. The first-order chi connectivity index (χ1) is 10.8. The van der Waals surface area contributed by atoms with Crippen molar-refractivity contribution in [3.05, 3.63) is 40.4 Å². The quantitative estimate of drug-likeness (QED) is 0.854. The van der Waals surface area contributed by atoms with Gasteiger partial charge in [0.05, 0.1) is 23.1 Å². The summed E-state index contributed by atoms with van der Waals surface area (Å²) in [5.41, 5.74) is 1.44. The molecule has 122 valence electrons. The molecule has 0 spiro atoms. The summed E-state index contributed by atoms with van der Waals surface area (Å²) in [4.78, 5) is 0. The van der Waals surface area contributed by atoms with Crippen molar-refractivity contribution in [3.8, 4) is 11.3 Å². The first-order valence-electron chi connectivity index (χ1n) is 7.56. The molecule has 1 fully saturated rings. The first-order valence-corrected chi connectivity index (χ1v) is 8.50. The number of thiophene rings is 1. The normalized spacial score (nSPS) is 20.2. The van der Waals surface area contributed by atoms with Gasteiger partial charge >= 0.3 is 7.12 Å². The van der Waals surface area contributed by atoms with Crippen LogP contribution < -0.4 is 0 Å². The van der Waals surface area contributed by atoms with Gasteiger partial charge in [0, 0.05) is 16.5 Å². The molecule has 1 N–H and O–H groups in total. The molecule has 0 aromatic carbocycles. The van der Waals surface area contributed by atoms with E-state index < -0.39 is 24.0 Å².